The van der Waals surface area contributed by atoms with E-state index >= 15 is 0 Å². The van der Waals surface area contributed by atoms with Crippen LogP contribution in [0.15, 0.2) is 36.5 Å². The van der Waals surface area contributed by atoms with E-state index in [4.69, 9.17) is 5.11 Å². The van der Waals surface area contributed by atoms with Gasteiger partial charge < -0.3 is 10.4 Å². The first kappa shape index (κ1) is 13.5. The van der Waals surface area contributed by atoms with Gasteiger partial charge in [-0.3, -0.25) is 9.78 Å². The van der Waals surface area contributed by atoms with Gasteiger partial charge in [-0.25, -0.2) is 0 Å². The standard InChI is InChI=1S/C15H18N2O2/c1-11(7-9-18)10-17-15(19)13-6-2-4-12-5-3-8-16-14(12)13/h2-6,8,11,18H,7,9-10H2,1H3,(H,17,19). The molecule has 1 aromatic heterocycles. The van der Waals surface area contributed by atoms with Crippen molar-refractivity contribution in [1.82, 2.24) is 10.3 Å². The summed E-state index contributed by atoms with van der Waals surface area (Å²) in [4.78, 5) is 16.4. The van der Waals surface area contributed by atoms with Crippen molar-refractivity contribution in [3.8, 4) is 0 Å². The molecule has 1 aromatic carbocycles. The fourth-order valence-corrected chi connectivity index (χ4v) is 1.97. The summed E-state index contributed by atoms with van der Waals surface area (Å²) < 4.78 is 0. The van der Waals surface area contributed by atoms with Crippen molar-refractivity contribution < 1.29 is 9.90 Å². The van der Waals surface area contributed by atoms with E-state index in [1.54, 1.807) is 12.3 Å². The van der Waals surface area contributed by atoms with E-state index < -0.39 is 0 Å². The zero-order valence-corrected chi connectivity index (χ0v) is 11.0. The van der Waals surface area contributed by atoms with Crippen molar-refractivity contribution in [3.63, 3.8) is 0 Å². The van der Waals surface area contributed by atoms with Gasteiger partial charge in [0.05, 0.1) is 11.1 Å². The molecule has 0 aliphatic heterocycles. The minimum Gasteiger partial charge on any atom is -0.396 e. The molecule has 2 N–H and O–H groups in total. The number of hydrogen-bond acceptors (Lipinski definition) is 3. The number of carbonyl (C=O) groups excluding carboxylic acids is 1. The number of amides is 1. The zero-order valence-electron chi connectivity index (χ0n) is 11.0. The van der Waals surface area contributed by atoms with Crippen LogP contribution in [0.1, 0.15) is 23.7 Å². The average molecular weight is 258 g/mol. The second-order valence-electron chi connectivity index (χ2n) is 4.71. The first-order valence-electron chi connectivity index (χ1n) is 6.45. The molecule has 0 saturated carbocycles. The summed E-state index contributed by atoms with van der Waals surface area (Å²) in [6.07, 6.45) is 2.38. The second kappa shape index (κ2) is 6.29. The van der Waals surface area contributed by atoms with Crippen LogP contribution in [0.2, 0.25) is 0 Å². The lowest BCUT2D eigenvalue weighted by Crippen LogP contribution is -2.28. The Kier molecular flexibility index (Phi) is 4.47. The maximum Gasteiger partial charge on any atom is 0.253 e. The van der Waals surface area contributed by atoms with E-state index in [1.807, 2.05) is 31.2 Å². The third-order valence-electron chi connectivity index (χ3n) is 3.11. The minimum absolute atomic E-state index is 0.117. The number of aliphatic hydroxyl groups excluding tert-OH is 1. The largest absolute Gasteiger partial charge is 0.396 e. The summed E-state index contributed by atoms with van der Waals surface area (Å²) in [5.41, 5.74) is 1.31. The molecule has 2 rings (SSSR count). The van der Waals surface area contributed by atoms with Crippen molar-refractivity contribution in [3.05, 3.63) is 42.1 Å². The molecule has 0 radical (unpaired) electrons. The van der Waals surface area contributed by atoms with E-state index in [1.165, 1.54) is 0 Å². The molecule has 0 spiro atoms. The fourth-order valence-electron chi connectivity index (χ4n) is 1.97. The van der Waals surface area contributed by atoms with Crippen LogP contribution in [0, 0.1) is 5.92 Å². The Balaban J connectivity index is 2.13. The second-order valence-corrected chi connectivity index (χ2v) is 4.71. The van der Waals surface area contributed by atoms with Gasteiger partial charge in [-0.2, -0.15) is 0 Å². The van der Waals surface area contributed by atoms with Crippen LogP contribution in [0.5, 0.6) is 0 Å². The number of carbonyl (C=O) groups is 1. The molecule has 1 atom stereocenters. The smallest absolute Gasteiger partial charge is 0.253 e. The number of hydrogen-bond donors (Lipinski definition) is 2. The number of aromatic nitrogens is 1. The molecule has 4 nitrogen and oxygen atoms in total. The number of pyridine rings is 1. The number of fused-ring (bicyclic) bond motifs is 1. The van der Waals surface area contributed by atoms with E-state index in [2.05, 4.69) is 10.3 Å². The van der Waals surface area contributed by atoms with E-state index in [-0.39, 0.29) is 18.4 Å². The maximum absolute atomic E-state index is 12.2. The van der Waals surface area contributed by atoms with Crippen molar-refractivity contribution in [2.24, 2.45) is 5.92 Å². The third-order valence-corrected chi connectivity index (χ3v) is 3.11. The van der Waals surface area contributed by atoms with Gasteiger partial charge in [0, 0.05) is 24.7 Å². The number of nitrogens with zero attached hydrogens (tertiary/aromatic N) is 1. The monoisotopic (exact) mass is 258 g/mol. The molecule has 1 amide bonds. The quantitative estimate of drug-likeness (QED) is 0.862. The van der Waals surface area contributed by atoms with Gasteiger partial charge in [0.2, 0.25) is 0 Å². The molecular formula is C15H18N2O2. The number of nitrogens with one attached hydrogen (secondary N) is 1. The highest BCUT2D eigenvalue weighted by Crippen LogP contribution is 2.15. The molecule has 0 fully saturated rings. The zero-order chi connectivity index (χ0) is 13.7. The molecule has 100 valence electrons. The molecule has 19 heavy (non-hydrogen) atoms. The Bertz CT molecular complexity index is 564. The molecule has 0 aliphatic carbocycles. The van der Waals surface area contributed by atoms with Gasteiger partial charge in [0.1, 0.15) is 0 Å². The van der Waals surface area contributed by atoms with E-state index in [0.717, 1.165) is 10.9 Å². The van der Waals surface area contributed by atoms with E-state index in [0.29, 0.717) is 18.5 Å². The Morgan fingerprint density at radius 2 is 2.16 bits per heavy atom. The molecule has 0 aliphatic rings. The van der Waals surface area contributed by atoms with Gasteiger partial charge in [0.25, 0.3) is 5.91 Å². The molecule has 1 heterocycles. The normalized spacial score (nSPS) is 12.3. The molecule has 2 aromatic rings. The third kappa shape index (κ3) is 3.29. The lowest BCUT2D eigenvalue weighted by atomic mass is 10.1. The van der Waals surface area contributed by atoms with Crippen LogP contribution >= 0.6 is 0 Å². The highest BCUT2D eigenvalue weighted by Gasteiger charge is 2.11. The first-order valence-corrected chi connectivity index (χ1v) is 6.45. The van der Waals surface area contributed by atoms with Crippen LogP contribution in [0.4, 0.5) is 0 Å². The predicted octanol–water partition coefficient (Wildman–Crippen LogP) is 1.98. The molecule has 1 unspecified atom stereocenters. The Morgan fingerprint density at radius 1 is 1.37 bits per heavy atom. The van der Waals surface area contributed by atoms with Gasteiger partial charge in [0.15, 0.2) is 0 Å². The van der Waals surface area contributed by atoms with Gasteiger partial charge in [-0.1, -0.05) is 25.1 Å². The van der Waals surface area contributed by atoms with Crippen molar-refractivity contribution >= 4 is 16.8 Å². The predicted molar refractivity (Wildman–Crippen MR) is 74.9 cm³/mol. The van der Waals surface area contributed by atoms with Gasteiger partial charge in [-0.05, 0) is 24.5 Å². The summed E-state index contributed by atoms with van der Waals surface area (Å²) in [5.74, 6) is 0.144. The number of aliphatic hydroxyl groups is 1. The lowest BCUT2D eigenvalue weighted by Gasteiger charge is -2.11. The van der Waals surface area contributed by atoms with Crippen molar-refractivity contribution in [1.29, 1.82) is 0 Å². The number of benzene rings is 1. The number of para-hydroxylation sites is 1. The first-order chi connectivity index (χ1) is 9.22. The molecular weight excluding hydrogens is 240 g/mol. The Labute approximate surface area is 112 Å². The fraction of sp³-hybridized carbons (Fsp3) is 0.333. The maximum atomic E-state index is 12.2. The highest BCUT2D eigenvalue weighted by atomic mass is 16.3. The molecule has 0 bridgehead atoms. The summed E-state index contributed by atoms with van der Waals surface area (Å²) in [6, 6.07) is 9.37. The lowest BCUT2D eigenvalue weighted by molar-refractivity contribution is 0.0947. The van der Waals surface area contributed by atoms with Gasteiger partial charge in [-0.15, -0.1) is 0 Å². The molecule has 4 heteroatoms. The summed E-state index contributed by atoms with van der Waals surface area (Å²) in [5, 5.41) is 12.7. The summed E-state index contributed by atoms with van der Waals surface area (Å²) in [7, 11) is 0. The highest BCUT2D eigenvalue weighted by molar-refractivity contribution is 6.05. The van der Waals surface area contributed by atoms with Gasteiger partial charge >= 0.3 is 0 Å². The van der Waals surface area contributed by atoms with Crippen LogP contribution in [-0.4, -0.2) is 29.1 Å². The van der Waals surface area contributed by atoms with Crippen LogP contribution in [-0.2, 0) is 0 Å². The Morgan fingerprint density at radius 3 is 2.95 bits per heavy atom. The number of rotatable bonds is 5. The van der Waals surface area contributed by atoms with E-state index in [9.17, 15) is 4.79 Å². The average Bonchev–Trinajstić information content (AvgIpc) is 2.44. The van der Waals surface area contributed by atoms with Crippen LogP contribution < -0.4 is 5.32 Å². The SMILES string of the molecule is CC(CCO)CNC(=O)c1cccc2cccnc12. The van der Waals surface area contributed by atoms with Crippen molar-refractivity contribution in [2.75, 3.05) is 13.2 Å². The van der Waals surface area contributed by atoms with Crippen LogP contribution in [0.25, 0.3) is 10.9 Å². The molecule has 0 saturated heterocycles. The van der Waals surface area contributed by atoms with Crippen LogP contribution in [0.3, 0.4) is 0 Å². The topological polar surface area (TPSA) is 62.2 Å². The summed E-state index contributed by atoms with van der Waals surface area (Å²) >= 11 is 0. The minimum atomic E-state index is -0.117. The Hall–Kier alpha value is -1.94. The summed E-state index contributed by atoms with van der Waals surface area (Å²) in [6.45, 7) is 2.70. The van der Waals surface area contributed by atoms with Crippen molar-refractivity contribution in [2.45, 2.75) is 13.3 Å².